The number of nitrogens with two attached hydrogens (primary N) is 1. The van der Waals surface area contributed by atoms with E-state index in [4.69, 9.17) is 22.1 Å². The van der Waals surface area contributed by atoms with Gasteiger partial charge in [-0.1, -0.05) is 35.9 Å². The molecule has 2 aromatic rings. The van der Waals surface area contributed by atoms with Crippen LogP contribution in [-0.4, -0.2) is 6.54 Å². The molecule has 0 aliphatic carbocycles. The lowest BCUT2D eigenvalue weighted by Gasteiger charge is -2.09. The predicted octanol–water partition coefficient (Wildman–Crippen LogP) is 3.56. The summed E-state index contributed by atoms with van der Waals surface area (Å²) in [5.41, 5.74) is 7.28. The number of benzene rings is 2. The van der Waals surface area contributed by atoms with Crippen LogP contribution in [-0.2, 0) is 13.0 Å². The zero-order valence-corrected chi connectivity index (χ0v) is 11.2. The molecule has 0 aliphatic heterocycles. The topological polar surface area (TPSA) is 35.2 Å². The van der Waals surface area contributed by atoms with Crippen LogP contribution in [0.15, 0.2) is 42.5 Å². The molecule has 19 heavy (non-hydrogen) atoms. The smallest absolute Gasteiger partial charge is 0.142 e. The molecule has 0 atom stereocenters. The highest BCUT2D eigenvalue weighted by Gasteiger charge is 2.06. The van der Waals surface area contributed by atoms with E-state index >= 15 is 0 Å². The highest BCUT2D eigenvalue weighted by atomic mass is 35.5. The van der Waals surface area contributed by atoms with Crippen molar-refractivity contribution in [2.24, 2.45) is 5.73 Å². The van der Waals surface area contributed by atoms with Crippen LogP contribution >= 0.6 is 11.6 Å². The van der Waals surface area contributed by atoms with Crippen LogP contribution in [0.4, 0.5) is 4.39 Å². The largest absolute Gasteiger partial charge is 0.489 e. The molecule has 0 saturated carbocycles. The lowest BCUT2D eigenvalue weighted by atomic mass is 10.1. The van der Waals surface area contributed by atoms with E-state index in [1.807, 2.05) is 24.3 Å². The average molecular weight is 280 g/mol. The summed E-state index contributed by atoms with van der Waals surface area (Å²) in [5.74, 6) is 0.294. The standard InChI is InChI=1S/C15H15ClFNO/c16-15-12(2-1-3-14(15)17)10-19-13-6-4-11(5-7-13)8-9-18/h1-7H,8-10,18H2. The van der Waals surface area contributed by atoms with Gasteiger partial charge in [0, 0.05) is 5.56 Å². The Morgan fingerprint density at radius 2 is 1.84 bits per heavy atom. The van der Waals surface area contributed by atoms with E-state index in [-0.39, 0.29) is 11.6 Å². The number of halogens is 2. The molecule has 0 radical (unpaired) electrons. The van der Waals surface area contributed by atoms with Gasteiger partial charge in [0.1, 0.15) is 18.2 Å². The van der Waals surface area contributed by atoms with Crippen LogP contribution in [0.1, 0.15) is 11.1 Å². The van der Waals surface area contributed by atoms with Gasteiger partial charge in [-0.05, 0) is 36.7 Å². The van der Waals surface area contributed by atoms with Crippen LogP contribution in [0, 0.1) is 5.82 Å². The molecule has 0 aromatic heterocycles. The normalized spacial score (nSPS) is 10.5. The van der Waals surface area contributed by atoms with Crippen molar-refractivity contribution < 1.29 is 9.13 Å². The van der Waals surface area contributed by atoms with Crippen molar-refractivity contribution in [3.8, 4) is 5.75 Å². The van der Waals surface area contributed by atoms with Gasteiger partial charge in [-0.3, -0.25) is 0 Å². The minimum atomic E-state index is -0.430. The van der Waals surface area contributed by atoms with Gasteiger partial charge in [-0.25, -0.2) is 4.39 Å². The summed E-state index contributed by atoms with van der Waals surface area (Å²) in [4.78, 5) is 0. The molecule has 0 amide bonds. The highest BCUT2D eigenvalue weighted by molar-refractivity contribution is 6.31. The second kappa shape index (κ2) is 6.55. The van der Waals surface area contributed by atoms with Gasteiger partial charge in [0.25, 0.3) is 0 Å². The Morgan fingerprint density at radius 3 is 2.53 bits per heavy atom. The van der Waals surface area contributed by atoms with Crippen molar-refractivity contribution in [2.45, 2.75) is 13.0 Å². The van der Waals surface area contributed by atoms with Gasteiger partial charge < -0.3 is 10.5 Å². The Kier molecular flexibility index (Phi) is 4.77. The van der Waals surface area contributed by atoms with Crippen LogP contribution < -0.4 is 10.5 Å². The fraction of sp³-hybridized carbons (Fsp3) is 0.200. The van der Waals surface area contributed by atoms with Gasteiger partial charge in [0.2, 0.25) is 0 Å². The molecule has 2 nitrogen and oxygen atoms in total. The Labute approximate surface area is 117 Å². The third-order valence-corrected chi connectivity index (χ3v) is 3.21. The molecule has 0 spiro atoms. The fourth-order valence-corrected chi connectivity index (χ4v) is 1.92. The average Bonchev–Trinajstić information content (AvgIpc) is 2.42. The minimum Gasteiger partial charge on any atom is -0.489 e. The lowest BCUT2D eigenvalue weighted by molar-refractivity contribution is 0.305. The molecule has 0 aliphatic rings. The van der Waals surface area contributed by atoms with Gasteiger partial charge >= 0.3 is 0 Å². The molecule has 2 rings (SSSR count). The van der Waals surface area contributed by atoms with E-state index in [9.17, 15) is 4.39 Å². The monoisotopic (exact) mass is 279 g/mol. The van der Waals surface area contributed by atoms with Crippen molar-refractivity contribution in [3.63, 3.8) is 0 Å². The van der Waals surface area contributed by atoms with Gasteiger partial charge in [-0.15, -0.1) is 0 Å². The van der Waals surface area contributed by atoms with Crippen LogP contribution in [0.5, 0.6) is 5.75 Å². The summed E-state index contributed by atoms with van der Waals surface area (Å²) in [6, 6.07) is 12.4. The summed E-state index contributed by atoms with van der Waals surface area (Å²) in [5, 5.41) is 0.113. The van der Waals surface area contributed by atoms with E-state index in [1.165, 1.54) is 11.6 Å². The number of hydrogen-bond acceptors (Lipinski definition) is 2. The molecule has 4 heteroatoms. The van der Waals surface area contributed by atoms with Crippen LogP contribution in [0.2, 0.25) is 5.02 Å². The Bertz CT molecular complexity index is 542. The maximum Gasteiger partial charge on any atom is 0.142 e. The first-order valence-corrected chi connectivity index (χ1v) is 6.43. The van der Waals surface area contributed by atoms with E-state index in [2.05, 4.69) is 0 Å². The first-order chi connectivity index (χ1) is 9.20. The second-order valence-corrected chi connectivity index (χ2v) is 4.56. The molecule has 0 unspecified atom stereocenters. The van der Waals surface area contributed by atoms with Crippen LogP contribution in [0.25, 0.3) is 0 Å². The second-order valence-electron chi connectivity index (χ2n) is 4.18. The van der Waals surface area contributed by atoms with Crippen LogP contribution in [0.3, 0.4) is 0 Å². The third kappa shape index (κ3) is 3.69. The first kappa shape index (κ1) is 13.8. The van der Waals surface area contributed by atoms with Gasteiger partial charge in [0.15, 0.2) is 0 Å². The van der Waals surface area contributed by atoms with Crippen molar-refractivity contribution in [1.29, 1.82) is 0 Å². The maximum absolute atomic E-state index is 13.2. The Balaban J connectivity index is 2.00. The molecular formula is C15H15ClFNO. The summed E-state index contributed by atoms with van der Waals surface area (Å²) in [6.45, 7) is 0.867. The van der Waals surface area contributed by atoms with Gasteiger partial charge in [-0.2, -0.15) is 0 Å². The maximum atomic E-state index is 13.2. The lowest BCUT2D eigenvalue weighted by Crippen LogP contribution is -2.02. The summed E-state index contributed by atoms with van der Waals surface area (Å²) < 4.78 is 18.8. The highest BCUT2D eigenvalue weighted by Crippen LogP contribution is 2.21. The molecular weight excluding hydrogens is 265 g/mol. The van der Waals surface area contributed by atoms with E-state index in [0.29, 0.717) is 12.1 Å². The van der Waals surface area contributed by atoms with Crippen molar-refractivity contribution in [3.05, 3.63) is 64.4 Å². The number of rotatable bonds is 5. The zero-order chi connectivity index (χ0) is 13.7. The molecule has 0 heterocycles. The predicted molar refractivity (Wildman–Crippen MR) is 74.9 cm³/mol. The van der Waals surface area contributed by atoms with Gasteiger partial charge in [0.05, 0.1) is 5.02 Å². The number of ether oxygens (including phenoxy) is 1. The Hall–Kier alpha value is -1.58. The number of hydrogen-bond donors (Lipinski definition) is 1. The van der Waals surface area contributed by atoms with Crippen molar-refractivity contribution in [1.82, 2.24) is 0 Å². The summed E-state index contributed by atoms with van der Waals surface area (Å²) in [7, 11) is 0. The fourth-order valence-electron chi connectivity index (χ4n) is 1.74. The SMILES string of the molecule is NCCc1ccc(OCc2cccc(F)c2Cl)cc1. The minimum absolute atomic E-state index is 0.113. The van der Waals surface area contributed by atoms with Crippen molar-refractivity contribution >= 4 is 11.6 Å². The Morgan fingerprint density at radius 1 is 1.11 bits per heavy atom. The molecule has 0 bridgehead atoms. The van der Waals surface area contributed by atoms with Crippen molar-refractivity contribution in [2.75, 3.05) is 6.54 Å². The molecule has 0 saturated heterocycles. The molecule has 0 fully saturated rings. The quantitative estimate of drug-likeness (QED) is 0.908. The zero-order valence-electron chi connectivity index (χ0n) is 10.4. The molecule has 2 N–H and O–H groups in total. The molecule has 100 valence electrons. The first-order valence-electron chi connectivity index (χ1n) is 6.05. The van der Waals surface area contributed by atoms with E-state index in [1.54, 1.807) is 12.1 Å². The summed E-state index contributed by atoms with van der Waals surface area (Å²) in [6.07, 6.45) is 0.843. The van der Waals surface area contributed by atoms with E-state index in [0.717, 1.165) is 12.2 Å². The summed E-state index contributed by atoms with van der Waals surface area (Å²) >= 11 is 5.86. The molecule has 2 aromatic carbocycles. The third-order valence-electron chi connectivity index (χ3n) is 2.78. The van der Waals surface area contributed by atoms with E-state index < -0.39 is 5.82 Å².